The molecule has 2 amide bonds. The third-order valence-corrected chi connectivity index (χ3v) is 3.44. The molecule has 0 bridgehead atoms. The van der Waals surface area contributed by atoms with Gasteiger partial charge in [-0.25, -0.2) is 4.79 Å². The number of carbonyl (C=O) groups is 3. The highest BCUT2D eigenvalue weighted by Crippen LogP contribution is 2.19. The summed E-state index contributed by atoms with van der Waals surface area (Å²) in [5.41, 5.74) is 0.799. The van der Waals surface area contributed by atoms with E-state index < -0.39 is 36.7 Å². The maximum atomic E-state index is 12.1. The van der Waals surface area contributed by atoms with E-state index in [9.17, 15) is 19.5 Å². The summed E-state index contributed by atoms with van der Waals surface area (Å²) in [5, 5.41) is 20.5. The molecule has 124 valence electrons. The maximum absolute atomic E-state index is 12.1. The molecule has 1 aliphatic rings. The molecule has 1 aliphatic heterocycles. The summed E-state index contributed by atoms with van der Waals surface area (Å²) >= 11 is 0. The van der Waals surface area contributed by atoms with Crippen molar-refractivity contribution in [2.24, 2.45) is 0 Å². The van der Waals surface area contributed by atoms with Gasteiger partial charge in [0.2, 0.25) is 5.91 Å². The van der Waals surface area contributed by atoms with Crippen LogP contribution < -0.4 is 5.32 Å². The van der Waals surface area contributed by atoms with Crippen molar-refractivity contribution in [3.8, 4) is 0 Å². The Hall–Kier alpha value is -2.61. The van der Waals surface area contributed by atoms with Gasteiger partial charge < -0.3 is 20.3 Å². The lowest BCUT2D eigenvalue weighted by atomic mass is 10.2. The second-order valence-corrected chi connectivity index (χ2v) is 5.21. The fourth-order valence-corrected chi connectivity index (χ4v) is 2.35. The first-order chi connectivity index (χ1) is 11.0. The molecule has 1 saturated heterocycles. The normalized spacial score (nSPS) is 20.1. The lowest BCUT2D eigenvalue weighted by Gasteiger charge is -2.22. The van der Waals surface area contributed by atoms with Crippen LogP contribution in [0.4, 0.5) is 4.79 Å². The Balaban J connectivity index is 1.93. The number of aliphatic hydroxyl groups excluding tert-OH is 1. The monoisotopic (exact) mass is 322 g/mol. The number of benzene rings is 1. The minimum atomic E-state index is -1.19. The van der Waals surface area contributed by atoms with E-state index in [1.807, 2.05) is 18.2 Å². The van der Waals surface area contributed by atoms with Gasteiger partial charge in [0, 0.05) is 6.42 Å². The number of carboxylic acids is 1. The molecule has 0 aliphatic carbocycles. The molecule has 23 heavy (non-hydrogen) atoms. The minimum Gasteiger partial charge on any atom is -0.480 e. The number of likely N-dealkylation sites (tertiary alicyclic amines) is 1. The van der Waals surface area contributed by atoms with E-state index in [-0.39, 0.29) is 19.6 Å². The SMILES string of the molecule is O=C(O)CNC(=O)C1CC(O)CN1C(=O)OCc1ccccc1. The number of hydrogen-bond acceptors (Lipinski definition) is 5. The third kappa shape index (κ3) is 4.68. The van der Waals surface area contributed by atoms with Crippen LogP contribution in [0.1, 0.15) is 12.0 Å². The number of rotatable bonds is 5. The first kappa shape index (κ1) is 16.8. The van der Waals surface area contributed by atoms with Crippen molar-refractivity contribution in [1.82, 2.24) is 10.2 Å². The number of hydrogen-bond donors (Lipinski definition) is 3. The van der Waals surface area contributed by atoms with E-state index in [1.165, 1.54) is 0 Å². The van der Waals surface area contributed by atoms with Crippen LogP contribution in [0.25, 0.3) is 0 Å². The predicted octanol–water partition coefficient (Wildman–Crippen LogP) is -0.0408. The summed E-state index contributed by atoms with van der Waals surface area (Å²) in [5.74, 6) is -1.81. The van der Waals surface area contributed by atoms with Gasteiger partial charge in [0.25, 0.3) is 0 Å². The summed E-state index contributed by atoms with van der Waals surface area (Å²) in [6.45, 7) is -0.521. The Labute approximate surface area is 132 Å². The highest BCUT2D eigenvalue weighted by Gasteiger charge is 2.39. The van der Waals surface area contributed by atoms with Gasteiger partial charge in [-0.3, -0.25) is 14.5 Å². The zero-order valence-electron chi connectivity index (χ0n) is 12.3. The van der Waals surface area contributed by atoms with Crippen LogP contribution in [0.5, 0.6) is 0 Å². The van der Waals surface area contributed by atoms with Gasteiger partial charge in [-0.2, -0.15) is 0 Å². The van der Waals surface area contributed by atoms with Gasteiger partial charge in [-0.15, -0.1) is 0 Å². The Morgan fingerprint density at radius 1 is 1.26 bits per heavy atom. The molecule has 2 unspecified atom stereocenters. The highest BCUT2D eigenvalue weighted by molar-refractivity contribution is 5.88. The van der Waals surface area contributed by atoms with Crippen molar-refractivity contribution in [1.29, 1.82) is 0 Å². The van der Waals surface area contributed by atoms with Gasteiger partial charge in [0.15, 0.2) is 0 Å². The molecule has 1 heterocycles. The van der Waals surface area contributed by atoms with Crippen molar-refractivity contribution in [3.05, 3.63) is 35.9 Å². The van der Waals surface area contributed by atoms with Crippen LogP contribution in [0, 0.1) is 0 Å². The lowest BCUT2D eigenvalue weighted by molar-refractivity contribution is -0.138. The van der Waals surface area contributed by atoms with E-state index in [0.717, 1.165) is 10.5 Å². The van der Waals surface area contributed by atoms with Gasteiger partial charge in [0.1, 0.15) is 19.2 Å². The molecule has 0 spiro atoms. The van der Waals surface area contributed by atoms with E-state index in [4.69, 9.17) is 9.84 Å². The molecule has 0 aromatic heterocycles. The van der Waals surface area contributed by atoms with Gasteiger partial charge >= 0.3 is 12.1 Å². The fourth-order valence-electron chi connectivity index (χ4n) is 2.35. The Morgan fingerprint density at radius 3 is 2.61 bits per heavy atom. The number of carbonyl (C=O) groups excluding carboxylic acids is 2. The molecular weight excluding hydrogens is 304 g/mol. The van der Waals surface area contributed by atoms with Crippen LogP contribution >= 0.6 is 0 Å². The van der Waals surface area contributed by atoms with Crippen LogP contribution in [0.2, 0.25) is 0 Å². The zero-order valence-corrected chi connectivity index (χ0v) is 12.3. The smallest absolute Gasteiger partial charge is 0.410 e. The summed E-state index contributed by atoms with van der Waals surface area (Å²) in [4.78, 5) is 35.7. The van der Waals surface area contributed by atoms with Crippen molar-refractivity contribution in [3.63, 3.8) is 0 Å². The zero-order chi connectivity index (χ0) is 16.8. The van der Waals surface area contributed by atoms with Gasteiger partial charge in [0.05, 0.1) is 12.6 Å². The second kappa shape index (κ2) is 7.59. The van der Waals surface area contributed by atoms with Gasteiger partial charge in [-0.1, -0.05) is 30.3 Å². The van der Waals surface area contributed by atoms with Crippen molar-refractivity contribution in [2.45, 2.75) is 25.2 Å². The van der Waals surface area contributed by atoms with E-state index in [2.05, 4.69) is 5.32 Å². The quantitative estimate of drug-likeness (QED) is 0.700. The molecule has 8 heteroatoms. The average Bonchev–Trinajstić information content (AvgIpc) is 2.93. The van der Waals surface area contributed by atoms with E-state index in [0.29, 0.717) is 0 Å². The number of β-amino-alcohol motifs (C(OH)–C–C–N with tert-alkyl or cyclic N) is 1. The van der Waals surface area contributed by atoms with E-state index in [1.54, 1.807) is 12.1 Å². The largest absolute Gasteiger partial charge is 0.480 e. The van der Waals surface area contributed by atoms with Crippen LogP contribution in [-0.2, 0) is 20.9 Å². The summed E-state index contributed by atoms with van der Waals surface area (Å²) in [7, 11) is 0. The first-order valence-electron chi connectivity index (χ1n) is 7.12. The molecule has 2 atom stereocenters. The minimum absolute atomic E-state index is 0.0290. The standard InChI is InChI=1S/C15H18N2O6/c18-11-6-12(14(21)16-7-13(19)20)17(8-11)15(22)23-9-10-4-2-1-3-5-10/h1-5,11-12,18H,6-9H2,(H,16,21)(H,19,20). The summed E-state index contributed by atoms with van der Waals surface area (Å²) in [6, 6.07) is 8.11. The number of aliphatic hydroxyl groups is 1. The molecule has 2 rings (SSSR count). The first-order valence-corrected chi connectivity index (χ1v) is 7.12. The third-order valence-electron chi connectivity index (χ3n) is 3.44. The second-order valence-electron chi connectivity index (χ2n) is 5.21. The van der Waals surface area contributed by atoms with Gasteiger partial charge in [-0.05, 0) is 5.56 Å². The number of nitrogens with zero attached hydrogens (tertiary/aromatic N) is 1. The molecule has 0 radical (unpaired) electrons. The number of carboxylic acid groups (broad SMARTS) is 1. The van der Waals surface area contributed by atoms with Crippen LogP contribution in [0.15, 0.2) is 30.3 Å². The molecule has 8 nitrogen and oxygen atoms in total. The fraction of sp³-hybridized carbons (Fsp3) is 0.400. The number of amides is 2. The predicted molar refractivity (Wildman–Crippen MR) is 78.4 cm³/mol. The number of ether oxygens (including phenoxy) is 1. The molecule has 1 aromatic rings. The van der Waals surface area contributed by atoms with E-state index >= 15 is 0 Å². The topological polar surface area (TPSA) is 116 Å². The highest BCUT2D eigenvalue weighted by atomic mass is 16.6. The van der Waals surface area contributed by atoms with Crippen molar-refractivity contribution >= 4 is 18.0 Å². The number of nitrogens with one attached hydrogen (secondary N) is 1. The van der Waals surface area contributed by atoms with Crippen molar-refractivity contribution < 1.29 is 29.3 Å². The molecule has 1 aromatic carbocycles. The Kier molecular flexibility index (Phi) is 5.53. The molecular formula is C15H18N2O6. The average molecular weight is 322 g/mol. The molecule has 3 N–H and O–H groups in total. The lowest BCUT2D eigenvalue weighted by Crippen LogP contribution is -2.47. The van der Waals surface area contributed by atoms with Crippen LogP contribution in [-0.4, -0.2) is 58.3 Å². The Bertz CT molecular complexity index is 577. The molecule has 1 fully saturated rings. The number of aliphatic carboxylic acids is 1. The summed E-state index contributed by atoms with van der Waals surface area (Å²) < 4.78 is 5.15. The Morgan fingerprint density at radius 2 is 1.96 bits per heavy atom. The molecule has 0 saturated carbocycles. The maximum Gasteiger partial charge on any atom is 0.410 e. The summed E-state index contributed by atoms with van der Waals surface area (Å²) in [6.07, 6.45) is -1.52. The van der Waals surface area contributed by atoms with Crippen LogP contribution in [0.3, 0.4) is 0 Å². The van der Waals surface area contributed by atoms with Crippen molar-refractivity contribution in [2.75, 3.05) is 13.1 Å².